The van der Waals surface area contributed by atoms with Crippen LogP contribution in [0, 0.1) is 5.92 Å². The Kier molecular flexibility index (Phi) is 3.79. The zero-order valence-corrected chi connectivity index (χ0v) is 11.4. The van der Waals surface area contributed by atoms with E-state index < -0.39 is 0 Å². The molecule has 19 heavy (non-hydrogen) atoms. The fraction of sp³-hybridized carbons (Fsp3) is 0.471. The van der Waals surface area contributed by atoms with Crippen molar-refractivity contribution >= 4 is 10.9 Å². The molecule has 1 aromatic carbocycles. The van der Waals surface area contributed by atoms with Gasteiger partial charge in [-0.15, -0.1) is 0 Å². The van der Waals surface area contributed by atoms with Crippen LogP contribution in [-0.4, -0.2) is 4.98 Å². The Balaban J connectivity index is 1.68. The first-order chi connectivity index (χ1) is 9.33. The van der Waals surface area contributed by atoms with Gasteiger partial charge in [0.05, 0.1) is 5.52 Å². The van der Waals surface area contributed by atoms with E-state index in [4.69, 9.17) is 5.73 Å². The number of fused-ring (bicyclic) bond motifs is 1. The van der Waals surface area contributed by atoms with E-state index in [9.17, 15) is 0 Å². The summed E-state index contributed by atoms with van der Waals surface area (Å²) >= 11 is 0. The molecule has 1 heterocycles. The van der Waals surface area contributed by atoms with Crippen LogP contribution >= 0.6 is 0 Å². The van der Waals surface area contributed by atoms with Crippen LogP contribution in [0.15, 0.2) is 36.5 Å². The van der Waals surface area contributed by atoms with Crippen molar-refractivity contribution < 1.29 is 0 Å². The van der Waals surface area contributed by atoms with Gasteiger partial charge in [-0.3, -0.25) is 4.98 Å². The van der Waals surface area contributed by atoms with Gasteiger partial charge in [0.1, 0.15) is 0 Å². The fourth-order valence-corrected chi connectivity index (χ4v) is 3.21. The normalized spacial score (nSPS) is 17.9. The van der Waals surface area contributed by atoms with E-state index in [0.29, 0.717) is 0 Å². The minimum Gasteiger partial charge on any atom is -0.324 e. The second kappa shape index (κ2) is 5.70. The SMILES string of the molecule is NC(CCC1CCCC1)c1ccc2ncccc2c1. The Labute approximate surface area is 115 Å². The van der Waals surface area contributed by atoms with Gasteiger partial charge >= 0.3 is 0 Å². The number of rotatable bonds is 4. The van der Waals surface area contributed by atoms with E-state index in [-0.39, 0.29) is 6.04 Å². The van der Waals surface area contributed by atoms with Crippen LogP contribution in [0.5, 0.6) is 0 Å². The molecule has 0 radical (unpaired) electrons. The Hall–Kier alpha value is -1.41. The third-order valence-corrected chi connectivity index (χ3v) is 4.42. The number of hydrogen-bond donors (Lipinski definition) is 1. The summed E-state index contributed by atoms with van der Waals surface area (Å²) in [6.07, 6.45) is 9.89. The van der Waals surface area contributed by atoms with Crippen molar-refractivity contribution in [3.8, 4) is 0 Å². The molecule has 0 spiro atoms. The number of benzene rings is 1. The average Bonchev–Trinajstić information content (AvgIpc) is 2.97. The van der Waals surface area contributed by atoms with Crippen LogP contribution < -0.4 is 5.73 Å². The molecule has 1 fully saturated rings. The summed E-state index contributed by atoms with van der Waals surface area (Å²) in [5.41, 5.74) is 8.64. The summed E-state index contributed by atoms with van der Waals surface area (Å²) in [6, 6.07) is 10.7. The van der Waals surface area contributed by atoms with E-state index in [1.54, 1.807) is 0 Å². The van der Waals surface area contributed by atoms with Gasteiger partial charge in [-0.25, -0.2) is 0 Å². The molecule has 2 heteroatoms. The lowest BCUT2D eigenvalue weighted by Gasteiger charge is -2.15. The number of nitrogens with two attached hydrogens (primary N) is 1. The van der Waals surface area contributed by atoms with Crippen molar-refractivity contribution in [2.45, 2.75) is 44.6 Å². The largest absolute Gasteiger partial charge is 0.324 e. The topological polar surface area (TPSA) is 38.9 Å². The molecule has 1 atom stereocenters. The highest BCUT2D eigenvalue weighted by Gasteiger charge is 2.16. The van der Waals surface area contributed by atoms with Gasteiger partial charge < -0.3 is 5.73 Å². The second-order valence-corrected chi connectivity index (χ2v) is 5.79. The molecule has 1 aliphatic rings. The summed E-state index contributed by atoms with van der Waals surface area (Å²) in [6.45, 7) is 0. The van der Waals surface area contributed by atoms with Crippen LogP contribution in [0.4, 0.5) is 0 Å². The standard InChI is InChI=1S/C17H22N2/c18-16(9-7-13-4-1-2-5-13)14-8-10-17-15(12-14)6-3-11-19-17/h3,6,8,10-13,16H,1-2,4-5,7,9,18H2. The zero-order chi connectivity index (χ0) is 13.1. The van der Waals surface area contributed by atoms with E-state index in [1.807, 2.05) is 12.3 Å². The van der Waals surface area contributed by atoms with Gasteiger partial charge in [-0.2, -0.15) is 0 Å². The Morgan fingerprint density at radius 1 is 1.21 bits per heavy atom. The number of hydrogen-bond acceptors (Lipinski definition) is 2. The van der Waals surface area contributed by atoms with Gasteiger partial charge in [0.2, 0.25) is 0 Å². The summed E-state index contributed by atoms with van der Waals surface area (Å²) in [5.74, 6) is 0.924. The molecule has 1 unspecified atom stereocenters. The first-order valence-electron chi connectivity index (χ1n) is 7.43. The number of nitrogens with zero attached hydrogens (tertiary/aromatic N) is 1. The molecular formula is C17H22N2. The molecule has 0 bridgehead atoms. The maximum Gasteiger partial charge on any atom is 0.0702 e. The van der Waals surface area contributed by atoms with Crippen LogP contribution in [0.1, 0.15) is 50.1 Å². The highest BCUT2D eigenvalue weighted by atomic mass is 14.7. The molecule has 100 valence electrons. The highest BCUT2D eigenvalue weighted by molar-refractivity contribution is 5.79. The van der Waals surface area contributed by atoms with Crippen molar-refractivity contribution in [1.82, 2.24) is 4.98 Å². The molecule has 2 aromatic rings. The van der Waals surface area contributed by atoms with Gasteiger partial charge in [0.15, 0.2) is 0 Å². The summed E-state index contributed by atoms with van der Waals surface area (Å²) in [7, 11) is 0. The predicted molar refractivity (Wildman–Crippen MR) is 79.9 cm³/mol. The molecule has 2 nitrogen and oxygen atoms in total. The van der Waals surface area contributed by atoms with Gasteiger partial charge in [-0.05, 0) is 42.5 Å². The lowest BCUT2D eigenvalue weighted by molar-refractivity contribution is 0.454. The van der Waals surface area contributed by atoms with E-state index >= 15 is 0 Å². The van der Waals surface area contributed by atoms with Crippen molar-refractivity contribution in [3.63, 3.8) is 0 Å². The number of aromatic nitrogens is 1. The first kappa shape index (κ1) is 12.6. The quantitative estimate of drug-likeness (QED) is 0.887. The monoisotopic (exact) mass is 254 g/mol. The molecule has 1 aliphatic carbocycles. The van der Waals surface area contributed by atoms with Crippen molar-refractivity contribution in [2.24, 2.45) is 11.7 Å². The van der Waals surface area contributed by atoms with Crippen molar-refractivity contribution in [3.05, 3.63) is 42.1 Å². The lowest BCUT2D eigenvalue weighted by atomic mass is 9.95. The van der Waals surface area contributed by atoms with E-state index in [0.717, 1.165) is 17.9 Å². The molecule has 0 saturated heterocycles. The zero-order valence-electron chi connectivity index (χ0n) is 11.4. The molecule has 1 aromatic heterocycles. The summed E-state index contributed by atoms with van der Waals surface area (Å²) in [4.78, 5) is 4.35. The summed E-state index contributed by atoms with van der Waals surface area (Å²) < 4.78 is 0. The third kappa shape index (κ3) is 2.95. The minimum atomic E-state index is 0.171. The van der Waals surface area contributed by atoms with E-state index in [1.165, 1.54) is 43.1 Å². The van der Waals surface area contributed by atoms with Crippen molar-refractivity contribution in [2.75, 3.05) is 0 Å². The molecule has 3 rings (SSSR count). The maximum atomic E-state index is 6.34. The van der Waals surface area contributed by atoms with Crippen molar-refractivity contribution in [1.29, 1.82) is 0 Å². The Morgan fingerprint density at radius 2 is 2.05 bits per heavy atom. The minimum absolute atomic E-state index is 0.171. The van der Waals surface area contributed by atoms with Crippen LogP contribution in [-0.2, 0) is 0 Å². The molecular weight excluding hydrogens is 232 g/mol. The first-order valence-corrected chi connectivity index (χ1v) is 7.43. The number of pyridine rings is 1. The van der Waals surface area contributed by atoms with Gasteiger partial charge in [0, 0.05) is 17.6 Å². The highest BCUT2D eigenvalue weighted by Crippen LogP contribution is 2.31. The lowest BCUT2D eigenvalue weighted by Crippen LogP contribution is -2.11. The maximum absolute atomic E-state index is 6.34. The predicted octanol–water partition coefficient (Wildman–Crippen LogP) is 4.21. The van der Waals surface area contributed by atoms with Gasteiger partial charge in [-0.1, -0.05) is 37.8 Å². The molecule has 1 saturated carbocycles. The van der Waals surface area contributed by atoms with Crippen LogP contribution in [0.3, 0.4) is 0 Å². The van der Waals surface area contributed by atoms with E-state index in [2.05, 4.69) is 29.2 Å². The molecule has 0 aliphatic heterocycles. The van der Waals surface area contributed by atoms with Crippen LogP contribution in [0.2, 0.25) is 0 Å². The molecule has 2 N–H and O–H groups in total. The Morgan fingerprint density at radius 3 is 2.89 bits per heavy atom. The Bertz CT molecular complexity index is 544. The van der Waals surface area contributed by atoms with Gasteiger partial charge in [0.25, 0.3) is 0 Å². The average molecular weight is 254 g/mol. The smallest absolute Gasteiger partial charge is 0.0702 e. The third-order valence-electron chi connectivity index (χ3n) is 4.42. The fourth-order valence-electron chi connectivity index (χ4n) is 3.21. The second-order valence-electron chi connectivity index (χ2n) is 5.79. The summed E-state index contributed by atoms with van der Waals surface area (Å²) in [5, 5.41) is 1.19. The molecule has 0 amide bonds. The van der Waals surface area contributed by atoms with Crippen LogP contribution in [0.25, 0.3) is 10.9 Å².